The summed E-state index contributed by atoms with van der Waals surface area (Å²) in [5.74, 6) is 2.83. The van der Waals surface area contributed by atoms with Crippen LogP contribution in [0.5, 0.6) is 0 Å². The minimum atomic E-state index is 0.359. The Bertz CT molecular complexity index is 152. The Morgan fingerprint density at radius 1 is 0.812 bits per heavy atom. The molecule has 0 saturated carbocycles. The van der Waals surface area contributed by atoms with Gasteiger partial charge in [0.25, 0.3) is 0 Å². The Hall–Kier alpha value is -0.0400. The van der Waals surface area contributed by atoms with E-state index in [0.29, 0.717) is 18.4 Å². The lowest BCUT2D eigenvalue weighted by molar-refractivity contribution is 0.174. The lowest BCUT2D eigenvalue weighted by Crippen LogP contribution is -2.15. The number of rotatable bonds is 9. The highest BCUT2D eigenvalue weighted by atomic mass is 16.3. The standard InChI is InChI=1S/C15H32O/c1-6-8-14(12(2)3)9-7-10-15(11-16)13(4)5/h12-16H,6-11H2,1-5H3. The summed E-state index contributed by atoms with van der Waals surface area (Å²) in [4.78, 5) is 0. The molecule has 0 rings (SSSR count). The summed E-state index contributed by atoms with van der Waals surface area (Å²) in [6, 6.07) is 0. The van der Waals surface area contributed by atoms with Gasteiger partial charge >= 0.3 is 0 Å². The Kier molecular flexibility index (Phi) is 9.02. The van der Waals surface area contributed by atoms with Crippen LogP contribution in [0.3, 0.4) is 0 Å². The summed E-state index contributed by atoms with van der Waals surface area (Å²) in [7, 11) is 0. The lowest BCUT2D eigenvalue weighted by atomic mass is 9.84. The van der Waals surface area contributed by atoms with Gasteiger partial charge in [0.1, 0.15) is 0 Å². The first kappa shape index (κ1) is 16.0. The van der Waals surface area contributed by atoms with Crippen LogP contribution < -0.4 is 0 Å². The van der Waals surface area contributed by atoms with E-state index in [4.69, 9.17) is 0 Å². The maximum Gasteiger partial charge on any atom is 0.0461 e. The number of hydrogen-bond donors (Lipinski definition) is 1. The normalized spacial score (nSPS) is 15.8. The Balaban J connectivity index is 3.83. The first-order valence-electron chi connectivity index (χ1n) is 7.13. The third kappa shape index (κ3) is 6.52. The van der Waals surface area contributed by atoms with Crippen LogP contribution >= 0.6 is 0 Å². The molecule has 98 valence electrons. The van der Waals surface area contributed by atoms with Crippen molar-refractivity contribution in [2.45, 2.75) is 66.7 Å². The van der Waals surface area contributed by atoms with Crippen molar-refractivity contribution in [3.05, 3.63) is 0 Å². The third-order valence-corrected chi connectivity index (χ3v) is 3.93. The van der Waals surface area contributed by atoms with E-state index in [1.807, 2.05) is 0 Å². The summed E-state index contributed by atoms with van der Waals surface area (Å²) in [6.45, 7) is 11.7. The molecule has 0 aliphatic rings. The van der Waals surface area contributed by atoms with Crippen LogP contribution in [0.25, 0.3) is 0 Å². The Morgan fingerprint density at radius 2 is 1.31 bits per heavy atom. The zero-order chi connectivity index (χ0) is 12.6. The monoisotopic (exact) mass is 228 g/mol. The minimum Gasteiger partial charge on any atom is -0.396 e. The molecule has 0 heterocycles. The summed E-state index contributed by atoms with van der Waals surface area (Å²) >= 11 is 0. The molecule has 0 amide bonds. The first-order valence-corrected chi connectivity index (χ1v) is 7.13. The van der Waals surface area contributed by atoms with Gasteiger partial charge in [0.05, 0.1) is 0 Å². The fraction of sp³-hybridized carbons (Fsp3) is 1.00. The molecule has 0 aliphatic heterocycles. The van der Waals surface area contributed by atoms with Crippen molar-refractivity contribution in [3.8, 4) is 0 Å². The van der Waals surface area contributed by atoms with Crippen LogP contribution in [0.2, 0.25) is 0 Å². The maximum absolute atomic E-state index is 9.27. The van der Waals surface area contributed by atoms with Gasteiger partial charge in [0.2, 0.25) is 0 Å². The molecule has 0 aromatic heterocycles. The fourth-order valence-electron chi connectivity index (χ4n) is 2.46. The Morgan fingerprint density at radius 3 is 1.69 bits per heavy atom. The molecule has 1 heteroatoms. The molecule has 1 nitrogen and oxygen atoms in total. The highest BCUT2D eigenvalue weighted by Gasteiger charge is 2.15. The Labute approximate surface area is 103 Å². The average molecular weight is 228 g/mol. The molecular weight excluding hydrogens is 196 g/mol. The van der Waals surface area contributed by atoms with Crippen LogP contribution in [0, 0.1) is 23.7 Å². The number of aliphatic hydroxyl groups excluding tert-OH is 1. The molecule has 16 heavy (non-hydrogen) atoms. The second kappa shape index (κ2) is 9.04. The quantitative estimate of drug-likeness (QED) is 0.616. The van der Waals surface area contributed by atoms with Crippen LogP contribution in [-0.4, -0.2) is 11.7 Å². The number of aliphatic hydroxyl groups is 1. The SMILES string of the molecule is CCCC(CCCC(CO)C(C)C)C(C)C. The second-order valence-corrected chi connectivity index (χ2v) is 5.91. The molecule has 0 saturated heterocycles. The molecule has 0 aromatic rings. The first-order chi connectivity index (χ1) is 7.52. The van der Waals surface area contributed by atoms with E-state index in [1.54, 1.807) is 0 Å². The minimum absolute atomic E-state index is 0.359. The van der Waals surface area contributed by atoms with Crippen molar-refractivity contribution in [1.82, 2.24) is 0 Å². The summed E-state index contributed by atoms with van der Waals surface area (Å²) in [5, 5.41) is 9.27. The highest BCUT2D eigenvalue weighted by molar-refractivity contribution is 4.66. The molecule has 1 N–H and O–H groups in total. The van der Waals surface area contributed by atoms with Crippen LogP contribution in [0.15, 0.2) is 0 Å². The molecule has 2 unspecified atom stereocenters. The maximum atomic E-state index is 9.27. The van der Waals surface area contributed by atoms with E-state index in [1.165, 1.54) is 32.1 Å². The smallest absolute Gasteiger partial charge is 0.0461 e. The zero-order valence-corrected chi connectivity index (χ0v) is 12.0. The van der Waals surface area contributed by atoms with Gasteiger partial charge in [-0.05, 0) is 30.1 Å². The van der Waals surface area contributed by atoms with Gasteiger partial charge in [-0.2, -0.15) is 0 Å². The van der Waals surface area contributed by atoms with Gasteiger partial charge in [0.15, 0.2) is 0 Å². The predicted molar refractivity (Wildman–Crippen MR) is 72.5 cm³/mol. The topological polar surface area (TPSA) is 20.2 Å². The van der Waals surface area contributed by atoms with Crippen LogP contribution in [0.4, 0.5) is 0 Å². The fourth-order valence-corrected chi connectivity index (χ4v) is 2.46. The van der Waals surface area contributed by atoms with E-state index in [-0.39, 0.29) is 0 Å². The third-order valence-electron chi connectivity index (χ3n) is 3.93. The second-order valence-electron chi connectivity index (χ2n) is 5.91. The lowest BCUT2D eigenvalue weighted by Gasteiger charge is -2.22. The van der Waals surface area contributed by atoms with Crippen molar-refractivity contribution in [2.75, 3.05) is 6.61 Å². The van der Waals surface area contributed by atoms with Gasteiger partial charge < -0.3 is 5.11 Å². The average Bonchev–Trinajstić information content (AvgIpc) is 2.21. The van der Waals surface area contributed by atoms with Gasteiger partial charge in [-0.25, -0.2) is 0 Å². The number of hydrogen-bond acceptors (Lipinski definition) is 1. The molecule has 0 bridgehead atoms. The van der Waals surface area contributed by atoms with Crippen molar-refractivity contribution in [3.63, 3.8) is 0 Å². The van der Waals surface area contributed by atoms with Crippen molar-refractivity contribution in [1.29, 1.82) is 0 Å². The predicted octanol–water partition coefficient (Wildman–Crippen LogP) is 4.49. The molecule has 0 spiro atoms. The zero-order valence-electron chi connectivity index (χ0n) is 12.0. The summed E-state index contributed by atoms with van der Waals surface area (Å²) in [5.41, 5.74) is 0. The molecule has 0 radical (unpaired) electrons. The van der Waals surface area contributed by atoms with E-state index >= 15 is 0 Å². The van der Waals surface area contributed by atoms with Gasteiger partial charge in [-0.15, -0.1) is 0 Å². The van der Waals surface area contributed by atoms with Crippen LogP contribution in [-0.2, 0) is 0 Å². The largest absolute Gasteiger partial charge is 0.396 e. The van der Waals surface area contributed by atoms with Crippen molar-refractivity contribution in [2.24, 2.45) is 23.7 Å². The van der Waals surface area contributed by atoms with E-state index in [9.17, 15) is 5.11 Å². The highest BCUT2D eigenvalue weighted by Crippen LogP contribution is 2.25. The molecule has 0 fully saturated rings. The molecule has 2 atom stereocenters. The summed E-state index contributed by atoms with van der Waals surface area (Å²) < 4.78 is 0. The van der Waals surface area contributed by atoms with E-state index in [0.717, 1.165) is 11.8 Å². The molecule has 0 aromatic carbocycles. The van der Waals surface area contributed by atoms with Crippen LogP contribution in [0.1, 0.15) is 66.7 Å². The van der Waals surface area contributed by atoms with Crippen molar-refractivity contribution >= 4 is 0 Å². The van der Waals surface area contributed by atoms with Gasteiger partial charge in [-0.3, -0.25) is 0 Å². The molecule has 0 aliphatic carbocycles. The summed E-state index contributed by atoms with van der Waals surface area (Å²) in [6.07, 6.45) is 6.49. The van der Waals surface area contributed by atoms with Crippen molar-refractivity contribution < 1.29 is 5.11 Å². The van der Waals surface area contributed by atoms with E-state index in [2.05, 4.69) is 34.6 Å². The van der Waals surface area contributed by atoms with Gasteiger partial charge in [0, 0.05) is 6.61 Å². The van der Waals surface area contributed by atoms with E-state index < -0.39 is 0 Å². The van der Waals surface area contributed by atoms with Gasteiger partial charge in [-0.1, -0.05) is 60.3 Å². The molecular formula is C15H32O.